The molecule has 1 heterocycles. The van der Waals surface area contributed by atoms with Gasteiger partial charge in [0.1, 0.15) is 11.3 Å². The average molecular weight is 404 g/mol. The van der Waals surface area contributed by atoms with Crippen LogP contribution in [0, 0.1) is 0 Å². The standard InChI is InChI=1S/C20H15Cl2NO4/c1-2-23-17(27-13-6-4-3-5-7-13)11-16(24)18(20(25)26)19(23)12-8-9-14(21)15(22)10-12/h3-11H,2H2,1H3,(H,25,26). The van der Waals surface area contributed by atoms with Gasteiger partial charge in [0.2, 0.25) is 11.3 Å². The molecule has 27 heavy (non-hydrogen) atoms. The van der Waals surface area contributed by atoms with E-state index >= 15 is 0 Å². The first-order chi connectivity index (χ1) is 12.9. The molecule has 2 aromatic carbocycles. The molecule has 0 aliphatic heterocycles. The Morgan fingerprint density at radius 2 is 1.78 bits per heavy atom. The number of para-hydroxylation sites is 1. The molecule has 0 saturated heterocycles. The number of carboxylic acids is 1. The van der Waals surface area contributed by atoms with Crippen molar-refractivity contribution in [3.63, 3.8) is 0 Å². The molecule has 0 aliphatic carbocycles. The van der Waals surface area contributed by atoms with Crippen LogP contribution in [0.2, 0.25) is 10.0 Å². The molecular weight excluding hydrogens is 389 g/mol. The van der Waals surface area contributed by atoms with E-state index in [1.807, 2.05) is 13.0 Å². The molecule has 0 amide bonds. The van der Waals surface area contributed by atoms with Crippen molar-refractivity contribution < 1.29 is 14.6 Å². The molecule has 0 aliphatic rings. The highest BCUT2D eigenvalue weighted by atomic mass is 35.5. The Bertz CT molecular complexity index is 1060. The summed E-state index contributed by atoms with van der Waals surface area (Å²) in [5.41, 5.74) is -0.337. The van der Waals surface area contributed by atoms with E-state index < -0.39 is 11.4 Å². The fourth-order valence-electron chi connectivity index (χ4n) is 2.78. The lowest BCUT2D eigenvalue weighted by Crippen LogP contribution is -2.21. The Balaban J connectivity index is 2.29. The Morgan fingerprint density at radius 1 is 1.07 bits per heavy atom. The van der Waals surface area contributed by atoms with Crippen LogP contribution in [0.25, 0.3) is 11.3 Å². The van der Waals surface area contributed by atoms with Crippen LogP contribution in [0.5, 0.6) is 11.6 Å². The predicted octanol–water partition coefficient (Wildman–Crippen LogP) is 5.33. The van der Waals surface area contributed by atoms with Crippen molar-refractivity contribution in [2.24, 2.45) is 0 Å². The van der Waals surface area contributed by atoms with Crippen LogP contribution in [0.15, 0.2) is 59.4 Å². The highest BCUT2D eigenvalue weighted by Gasteiger charge is 2.23. The van der Waals surface area contributed by atoms with Crippen LogP contribution < -0.4 is 10.2 Å². The third-order valence-corrected chi connectivity index (χ3v) is 4.70. The lowest BCUT2D eigenvalue weighted by molar-refractivity contribution is 0.0695. The second-order valence-corrected chi connectivity index (χ2v) is 6.48. The summed E-state index contributed by atoms with van der Waals surface area (Å²) in [5, 5.41) is 10.2. The summed E-state index contributed by atoms with van der Waals surface area (Å²) in [6, 6.07) is 14.8. The zero-order valence-corrected chi connectivity index (χ0v) is 15.8. The van der Waals surface area contributed by atoms with E-state index in [-0.39, 0.29) is 22.2 Å². The number of carboxylic acid groups (broad SMARTS) is 1. The number of nitrogens with zero attached hydrogens (tertiary/aromatic N) is 1. The van der Waals surface area contributed by atoms with Crippen LogP contribution in [-0.4, -0.2) is 15.6 Å². The quantitative estimate of drug-likeness (QED) is 0.624. The number of hydrogen-bond donors (Lipinski definition) is 1. The summed E-state index contributed by atoms with van der Waals surface area (Å²) in [5.74, 6) is -0.559. The topological polar surface area (TPSA) is 68.5 Å². The van der Waals surface area contributed by atoms with Crippen molar-refractivity contribution in [3.8, 4) is 22.9 Å². The lowest BCUT2D eigenvalue weighted by atomic mass is 10.0. The predicted molar refractivity (Wildman–Crippen MR) is 105 cm³/mol. The number of carbonyl (C=O) groups is 1. The SMILES string of the molecule is CCn1c(Oc2ccccc2)cc(=O)c(C(=O)O)c1-c1ccc(Cl)c(Cl)c1. The first kappa shape index (κ1) is 19.0. The normalized spacial score (nSPS) is 10.6. The molecule has 3 aromatic rings. The minimum Gasteiger partial charge on any atom is -0.477 e. The molecule has 0 radical (unpaired) electrons. The second-order valence-electron chi connectivity index (χ2n) is 5.66. The molecule has 1 aromatic heterocycles. The van der Waals surface area contributed by atoms with Crippen LogP contribution in [0.3, 0.4) is 0 Å². The number of rotatable bonds is 5. The molecular formula is C20H15Cl2NO4. The summed E-state index contributed by atoms with van der Waals surface area (Å²) >= 11 is 12.1. The van der Waals surface area contributed by atoms with Crippen LogP contribution >= 0.6 is 23.2 Å². The molecule has 138 valence electrons. The third kappa shape index (κ3) is 3.84. The van der Waals surface area contributed by atoms with E-state index in [1.54, 1.807) is 41.0 Å². The van der Waals surface area contributed by atoms with Crippen molar-refractivity contribution in [1.29, 1.82) is 0 Å². The van der Waals surface area contributed by atoms with Gasteiger partial charge in [-0.25, -0.2) is 4.79 Å². The summed E-state index contributed by atoms with van der Waals surface area (Å²) in [6.07, 6.45) is 0. The zero-order chi connectivity index (χ0) is 19.6. The van der Waals surface area contributed by atoms with Gasteiger partial charge in [0, 0.05) is 18.2 Å². The number of halogens is 2. The number of aromatic nitrogens is 1. The smallest absolute Gasteiger partial charge is 0.341 e. The van der Waals surface area contributed by atoms with E-state index in [9.17, 15) is 14.7 Å². The highest BCUT2D eigenvalue weighted by molar-refractivity contribution is 6.42. The van der Waals surface area contributed by atoms with E-state index in [4.69, 9.17) is 27.9 Å². The first-order valence-corrected chi connectivity index (χ1v) is 8.87. The molecule has 1 N–H and O–H groups in total. The van der Waals surface area contributed by atoms with E-state index in [2.05, 4.69) is 0 Å². The van der Waals surface area contributed by atoms with E-state index in [0.717, 1.165) is 0 Å². The van der Waals surface area contributed by atoms with Crippen molar-refractivity contribution in [2.45, 2.75) is 13.5 Å². The maximum Gasteiger partial charge on any atom is 0.341 e. The minimum atomic E-state index is -1.32. The largest absolute Gasteiger partial charge is 0.477 e. The van der Waals surface area contributed by atoms with Crippen molar-refractivity contribution >= 4 is 29.2 Å². The van der Waals surface area contributed by atoms with Crippen molar-refractivity contribution in [3.05, 3.63) is 80.4 Å². The fraction of sp³-hybridized carbons (Fsp3) is 0.100. The number of aromatic carboxylic acids is 1. The number of hydrogen-bond acceptors (Lipinski definition) is 3. The average Bonchev–Trinajstić information content (AvgIpc) is 2.64. The summed E-state index contributed by atoms with van der Waals surface area (Å²) in [4.78, 5) is 24.3. The first-order valence-electron chi connectivity index (χ1n) is 8.11. The van der Waals surface area contributed by atoms with Gasteiger partial charge in [0.05, 0.1) is 15.7 Å². The van der Waals surface area contributed by atoms with Gasteiger partial charge in [-0.1, -0.05) is 47.5 Å². The maximum atomic E-state index is 12.6. The second kappa shape index (κ2) is 7.86. The molecule has 0 atom stereocenters. The summed E-state index contributed by atoms with van der Waals surface area (Å²) in [6.45, 7) is 2.20. The third-order valence-electron chi connectivity index (χ3n) is 3.96. The Labute approximate surface area is 165 Å². The Hall–Kier alpha value is -2.76. The highest BCUT2D eigenvalue weighted by Crippen LogP contribution is 2.33. The monoisotopic (exact) mass is 403 g/mol. The van der Waals surface area contributed by atoms with Crippen LogP contribution in [0.4, 0.5) is 0 Å². The fourth-order valence-corrected chi connectivity index (χ4v) is 3.08. The lowest BCUT2D eigenvalue weighted by Gasteiger charge is -2.19. The van der Waals surface area contributed by atoms with Gasteiger partial charge in [0.25, 0.3) is 0 Å². The van der Waals surface area contributed by atoms with Gasteiger partial charge in [-0.3, -0.25) is 4.79 Å². The number of pyridine rings is 1. The van der Waals surface area contributed by atoms with Crippen LogP contribution in [-0.2, 0) is 6.54 Å². The molecule has 0 spiro atoms. The molecule has 0 saturated carbocycles. The Kier molecular flexibility index (Phi) is 5.54. The Morgan fingerprint density at radius 3 is 2.37 bits per heavy atom. The van der Waals surface area contributed by atoms with Gasteiger partial charge in [-0.05, 0) is 31.2 Å². The van der Waals surface area contributed by atoms with Gasteiger partial charge in [-0.2, -0.15) is 0 Å². The van der Waals surface area contributed by atoms with Gasteiger partial charge in [0.15, 0.2) is 0 Å². The van der Waals surface area contributed by atoms with Crippen molar-refractivity contribution in [2.75, 3.05) is 0 Å². The van der Waals surface area contributed by atoms with E-state index in [0.29, 0.717) is 22.9 Å². The zero-order valence-electron chi connectivity index (χ0n) is 14.3. The van der Waals surface area contributed by atoms with Gasteiger partial charge < -0.3 is 14.4 Å². The van der Waals surface area contributed by atoms with Crippen molar-refractivity contribution in [1.82, 2.24) is 4.57 Å². The number of benzene rings is 2. The number of ether oxygens (including phenoxy) is 1. The minimum absolute atomic E-state index is 0.210. The molecule has 0 unspecified atom stereocenters. The molecule has 0 fully saturated rings. The molecule has 0 bridgehead atoms. The maximum absolute atomic E-state index is 12.6. The summed E-state index contributed by atoms with van der Waals surface area (Å²) < 4.78 is 7.47. The molecule has 7 heteroatoms. The van der Waals surface area contributed by atoms with Gasteiger partial charge >= 0.3 is 5.97 Å². The van der Waals surface area contributed by atoms with Crippen LogP contribution in [0.1, 0.15) is 17.3 Å². The molecule has 3 rings (SSSR count). The molecule has 5 nitrogen and oxygen atoms in total. The van der Waals surface area contributed by atoms with E-state index in [1.165, 1.54) is 12.1 Å². The van der Waals surface area contributed by atoms with Gasteiger partial charge in [-0.15, -0.1) is 0 Å². The summed E-state index contributed by atoms with van der Waals surface area (Å²) in [7, 11) is 0.